The van der Waals surface area contributed by atoms with E-state index in [0.717, 1.165) is 6.54 Å². The van der Waals surface area contributed by atoms with E-state index < -0.39 is 0 Å². The van der Waals surface area contributed by atoms with Gasteiger partial charge in [0.25, 0.3) is 0 Å². The smallest absolute Gasteiger partial charge is 0.00783 e. The maximum absolute atomic E-state index is 3.31. The van der Waals surface area contributed by atoms with Crippen molar-refractivity contribution >= 4 is 0 Å². The van der Waals surface area contributed by atoms with Gasteiger partial charge in [-0.05, 0) is 36.9 Å². The summed E-state index contributed by atoms with van der Waals surface area (Å²) >= 11 is 0. The van der Waals surface area contributed by atoms with E-state index in [-0.39, 0.29) is 0 Å². The maximum Gasteiger partial charge on any atom is 0.00783 e. The number of rotatable bonds is 4. The molecule has 0 spiro atoms. The van der Waals surface area contributed by atoms with Crippen LogP contribution >= 0.6 is 0 Å². The Balaban J connectivity index is 2.17. The third-order valence-corrected chi connectivity index (χ3v) is 3.56. The van der Waals surface area contributed by atoms with E-state index in [1.807, 2.05) is 7.05 Å². The van der Waals surface area contributed by atoms with Crippen LogP contribution in [-0.2, 0) is 5.41 Å². The lowest BCUT2D eigenvalue weighted by Gasteiger charge is -2.16. The fourth-order valence-electron chi connectivity index (χ4n) is 2.28. The highest BCUT2D eigenvalue weighted by Crippen LogP contribution is 2.47. The summed E-state index contributed by atoms with van der Waals surface area (Å²) in [6.45, 7) is 5.61. The van der Waals surface area contributed by atoms with Crippen molar-refractivity contribution in [2.45, 2.75) is 38.0 Å². The first kappa shape index (κ1) is 10.7. The van der Waals surface area contributed by atoms with Crippen LogP contribution < -0.4 is 5.32 Å². The Morgan fingerprint density at radius 2 is 1.80 bits per heavy atom. The van der Waals surface area contributed by atoms with Gasteiger partial charge in [0.1, 0.15) is 0 Å². The molecule has 0 unspecified atom stereocenters. The van der Waals surface area contributed by atoms with Gasteiger partial charge in [0, 0.05) is 12.0 Å². The third-order valence-electron chi connectivity index (χ3n) is 3.56. The van der Waals surface area contributed by atoms with Crippen LogP contribution in [0.5, 0.6) is 0 Å². The minimum atomic E-state index is 0.463. The molecule has 1 aliphatic rings. The summed E-state index contributed by atoms with van der Waals surface area (Å²) in [6, 6.07) is 9.21. The second-order valence-corrected chi connectivity index (χ2v) is 5.09. The zero-order chi connectivity index (χ0) is 10.9. The highest BCUT2D eigenvalue weighted by molar-refractivity contribution is 5.35. The molecule has 0 atom stereocenters. The first-order valence-corrected chi connectivity index (χ1v) is 5.93. The van der Waals surface area contributed by atoms with E-state index in [4.69, 9.17) is 0 Å². The van der Waals surface area contributed by atoms with Crippen LogP contribution in [0.4, 0.5) is 0 Å². The Bertz CT molecular complexity index is 320. The quantitative estimate of drug-likeness (QED) is 0.793. The molecule has 15 heavy (non-hydrogen) atoms. The van der Waals surface area contributed by atoms with Crippen LogP contribution in [0.1, 0.15) is 43.7 Å². The van der Waals surface area contributed by atoms with E-state index in [2.05, 4.69) is 43.4 Å². The van der Waals surface area contributed by atoms with Gasteiger partial charge >= 0.3 is 0 Å². The molecule has 0 amide bonds. The fourth-order valence-corrected chi connectivity index (χ4v) is 2.28. The number of hydrogen-bond acceptors (Lipinski definition) is 1. The van der Waals surface area contributed by atoms with Crippen LogP contribution in [0, 0.1) is 0 Å². The normalized spacial score (nSPS) is 18.1. The van der Waals surface area contributed by atoms with E-state index in [0.29, 0.717) is 11.3 Å². The van der Waals surface area contributed by atoms with E-state index in [1.165, 1.54) is 24.0 Å². The molecular formula is C14H21N. The van der Waals surface area contributed by atoms with Gasteiger partial charge in [-0.2, -0.15) is 0 Å². The van der Waals surface area contributed by atoms with E-state index in [1.54, 1.807) is 0 Å². The van der Waals surface area contributed by atoms with Gasteiger partial charge < -0.3 is 5.32 Å². The molecule has 1 fully saturated rings. The van der Waals surface area contributed by atoms with Gasteiger partial charge in [0.2, 0.25) is 0 Å². The molecule has 1 heteroatoms. The van der Waals surface area contributed by atoms with Gasteiger partial charge in [0.15, 0.2) is 0 Å². The molecule has 0 radical (unpaired) electrons. The van der Waals surface area contributed by atoms with Gasteiger partial charge in [-0.25, -0.2) is 0 Å². The van der Waals surface area contributed by atoms with Crippen LogP contribution in [0.2, 0.25) is 0 Å². The molecule has 0 saturated heterocycles. The summed E-state index contributed by atoms with van der Waals surface area (Å²) in [7, 11) is 2.04. The first-order chi connectivity index (χ1) is 7.18. The molecule has 1 aromatic rings. The van der Waals surface area contributed by atoms with Gasteiger partial charge in [-0.3, -0.25) is 0 Å². The van der Waals surface area contributed by atoms with Crippen LogP contribution in [0.25, 0.3) is 0 Å². The fraction of sp³-hybridized carbons (Fsp3) is 0.571. The van der Waals surface area contributed by atoms with Crippen LogP contribution in [-0.4, -0.2) is 13.6 Å². The zero-order valence-electron chi connectivity index (χ0n) is 10.0. The Kier molecular flexibility index (Phi) is 2.83. The Morgan fingerprint density at radius 1 is 1.20 bits per heavy atom. The summed E-state index contributed by atoms with van der Waals surface area (Å²) in [4.78, 5) is 0. The minimum Gasteiger partial charge on any atom is -0.319 e. The number of hydrogen-bond donors (Lipinski definition) is 1. The Hall–Kier alpha value is -0.820. The lowest BCUT2D eigenvalue weighted by molar-refractivity contribution is 0.624. The second-order valence-electron chi connectivity index (χ2n) is 5.09. The Morgan fingerprint density at radius 3 is 2.20 bits per heavy atom. The summed E-state index contributed by atoms with van der Waals surface area (Å²) in [5, 5.41) is 3.31. The first-order valence-electron chi connectivity index (χ1n) is 5.93. The third kappa shape index (κ3) is 2.07. The SMILES string of the molecule is CNCC1(c2ccc(C(C)C)cc2)CC1. The van der Waals surface area contributed by atoms with Crippen molar-refractivity contribution < 1.29 is 0 Å². The van der Waals surface area contributed by atoms with Crippen LogP contribution in [0.15, 0.2) is 24.3 Å². The molecule has 1 aromatic carbocycles. The molecular weight excluding hydrogens is 182 g/mol. The van der Waals surface area contributed by atoms with Crippen molar-refractivity contribution in [1.82, 2.24) is 5.32 Å². The molecule has 1 aliphatic carbocycles. The average molecular weight is 203 g/mol. The zero-order valence-corrected chi connectivity index (χ0v) is 10.0. The summed E-state index contributed by atoms with van der Waals surface area (Å²) < 4.78 is 0. The predicted molar refractivity (Wildman–Crippen MR) is 65.4 cm³/mol. The largest absolute Gasteiger partial charge is 0.319 e. The molecule has 1 saturated carbocycles. The van der Waals surface area contributed by atoms with Crippen molar-refractivity contribution in [3.8, 4) is 0 Å². The molecule has 1 nitrogen and oxygen atoms in total. The summed E-state index contributed by atoms with van der Waals surface area (Å²) in [6.07, 6.45) is 2.68. The molecule has 82 valence electrons. The molecule has 0 aliphatic heterocycles. The maximum atomic E-state index is 3.31. The standard InChI is InChI=1S/C14H21N/c1-11(2)12-4-6-13(7-5-12)14(8-9-14)10-15-3/h4-7,11,15H,8-10H2,1-3H3. The molecule has 0 aromatic heterocycles. The Labute approximate surface area is 92.9 Å². The van der Waals surface area contributed by atoms with Gasteiger partial charge in [-0.15, -0.1) is 0 Å². The van der Waals surface area contributed by atoms with E-state index >= 15 is 0 Å². The number of benzene rings is 1. The topological polar surface area (TPSA) is 12.0 Å². The monoisotopic (exact) mass is 203 g/mol. The van der Waals surface area contributed by atoms with Gasteiger partial charge in [-0.1, -0.05) is 38.1 Å². The molecule has 2 rings (SSSR count). The minimum absolute atomic E-state index is 0.463. The van der Waals surface area contributed by atoms with Crippen molar-refractivity contribution in [2.75, 3.05) is 13.6 Å². The van der Waals surface area contributed by atoms with Crippen molar-refractivity contribution in [2.24, 2.45) is 0 Å². The predicted octanol–water partition coefficient (Wildman–Crippen LogP) is 3.06. The van der Waals surface area contributed by atoms with Crippen molar-refractivity contribution in [3.05, 3.63) is 35.4 Å². The molecule has 0 heterocycles. The lowest BCUT2D eigenvalue weighted by Crippen LogP contribution is -2.23. The highest BCUT2D eigenvalue weighted by Gasteiger charge is 2.43. The van der Waals surface area contributed by atoms with E-state index in [9.17, 15) is 0 Å². The van der Waals surface area contributed by atoms with Crippen molar-refractivity contribution in [1.29, 1.82) is 0 Å². The van der Waals surface area contributed by atoms with Gasteiger partial charge in [0.05, 0.1) is 0 Å². The highest BCUT2D eigenvalue weighted by atomic mass is 14.8. The number of likely N-dealkylation sites (N-methyl/N-ethyl adjacent to an activating group) is 1. The number of nitrogens with one attached hydrogen (secondary N) is 1. The molecule has 0 bridgehead atoms. The van der Waals surface area contributed by atoms with Crippen molar-refractivity contribution in [3.63, 3.8) is 0 Å². The summed E-state index contributed by atoms with van der Waals surface area (Å²) in [5.41, 5.74) is 3.42. The average Bonchev–Trinajstić information content (AvgIpc) is 3.00. The molecule has 1 N–H and O–H groups in total. The lowest BCUT2D eigenvalue weighted by atomic mass is 9.93. The summed E-state index contributed by atoms with van der Waals surface area (Å²) in [5.74, 6) is 0.638. The second kappa shape index (κ2) is 3.97. The van der Waals surface area contributed by atoms with Crippen LogP contribution in [0.3, 0.4) is 0 Å².